The van der Waals surface area contributed by atoms with Gasteiger partial charge < -0.3 is 4.90 Å². The number of hydrogen-bond acceptors (Lipinski definition) is 2. The Morgan fingerprint density at radius 3 is 2.50 bits per heavy atom. The maximum Gasteiger partial charge on any atom is 0.336 e. The van der Waals surface area contributed by atoms with E-state index in [0.717, 1.165) is 23.7 Å². The molecule has 0 radical (unpaired) electrons. The van der Waals surface area contributed by atoms with Crippen molar-refractivity contribution >= 4 is 17.6 Å². The lowest BCUT2D eigenvalue weighted by molar-refractivity contribution is -0.942. The van der Waals surface area contributed by atoms with Gasteiger partial charge in [0.1, 0.15) is 6.04 Å². The van der Waals surface area contributed by atoms with Crippen molar-refractivity contribution in [3.8, 4) is 0 Å². The van der Waals surface area contributed by atoms with Gasteiger partial charge in [0.25, 0.3) is 5.91 Å². The molecule has 0 spiro atoms. The van der Waals surface area contributed by atoms with Crippen molar-refractivity contribution in [1.82, 2.24) is 4.90 Å². The highest BCUT2D eigenvalue weighted by Crippen LogP contribution is 2.29. The highest BCUT2D eigenvalue weighted by Gasteiger charge is 2.47. The number of hydrogen-bond donors (Lipinski definition) is 1. The minimum absolute atomic E-state index is 0.0546. The van der Waals surface area contributed by atoms with E-state index in [-0.39, 0.29) is 11.9 Å². The van der Waals surface area contributed by atoms with Crippen LogP contribution in [0.3, 0.4) is 0 Å². The lowest BCUT2D eigenvalue weighted by atomic mass is 9.78. The van der Waals surface area contributed by atoms with Crippen molar-refractivity contribution in [2.75, 3.05) is 18.1 Å². The highest BCUT2D eigenvalue weighted by molar-refractivity contribution is 6.13. The van der Waals surface area contributed by atoms with E-state index >= 15 is 0 Å². The number of piperidine rings is 1. The van der Waals surface area contributed by atoms with Gasteiger partial charge in [0.15, 0.2) is 6.67 Å². The molecule has 0 aromatic heterocycles. The quantitative estimate of drug-likeness (QED) is 0.845. The van der Waals surface area contributed by atoms with Gasteiger partial charge in [-0.1, -0.05) is 24.1 Å². The van der Waals surface area contributed by atoms with Crippen LogP contribution in [-0.2, 0) is 4.79 Å². The van der Waals surface area contributed by atoms with Crippen LogP contribution in [0.25, 0.3) is 0 Å². The molecular formula is C21H30N3O2+. The molecule has 0 bridgehead atoms. The number of urea groups is 1. The number of aryl methyl sites for hydroxylation is 1. The van der Waals surface area contributed by atoms with E-state index in [1.54, 1.807) is 4.90 Å². The standard InChI is InChI=1S/C21H29N3O2/c1-15-9-11-18(12-10-15)24-16(2)20(25)23(21(24)26)14-22-13-5-7-17-6-3-4-8-19(17)22/h9-12,16-17,19H,3-8,13-14H2,1-2H3/p+1/t16-,17-,19+/m1/s1. The molecule has 2 heterocycles. The highest BCUT2D eigenvalue weighted by atomic mass is 16.2. The number of carbonyl (C=O) groups is 2. The molecule has 1 N–H and O–H groups in total. The van der Waals surface area contributed by atoms with Crippen LogP contribution in [0.5, 0.6) is 0 Å². The molecule has 1 aliphatic carbocycles. The Hall–Kier alpha value is -1.88. The third-order valence-corrected chi connectivity index (χ3v) is 6.63. The normalized spacial score (nSPS) is 32.1. The molecule has 3 fully saturated rings. The summed E-state index contributed by atoms with van der Waals surface area (Å²) in [6.07, 6.45) is 7.73. The summed E-state index contributed by atoms with van der Waals surface area (Å²) >= 11 is 0. The molecule has 3 amide bonds. The summed E-state index contributed by atoms with van der Waals surface area (Å²) in [4.78, 5) is 30.5. The molecule has 2 saturated heterocycles. The van der Waals surface area contributed by atoms with E-state index < -0.39 is 6.04 Å². The molecule has 140 valence electrons. The number of imide groups is 1. The van der Waals surface area contributed by atoms with Gasteiger partial charge in [-0.25, -0.2) is 9.69 Å². The predicted molar refractivity (Wildman–Crippen MR) is 101 cm³/mol. The Bertz CT molecular complexity index is 685. The number of carbonyl (C=O) groups excluding carboxylic acids is 2. The van der Waals surface area contributed by atoms with Gasteiger partial charge >= 0.3 is 6.03 Å². The predicted octanol–water partition coefficient (Wildman–Crippen LogP) is 2.35. The first-order valence-electron chi connectivity index (χ1n) is 10.1. The molecule has 1 aromatic rings. The zero-order valence-corrected chi connectivity index (χ0v) is 15.9. The van der Waals surface area contributed by atoms with Gasteiger partial charge in [-0.3, -0.25) is 9.69 Å². The molecule has 5 nitrogen and oxygen atoms in total. The van der Waals surface area contributed by atoms with Crippen LogP contribution in [-0.4, -0.2) is 42.1 Å². The first-order chi connectivity index (χ1) is 12.6. The molecule has 1 aromatic carbocycles. The number of rotatable bonds is 3. The van der Waals surface area contributed by atoms with E-state index in [1.165, 1.54) is 48.3 Å². The summed E-state index contributed by atoms with van der Waals surface area (Å²) in [5.74, 6) is 0.729. The number of benzene rings is 1. The molecular weight excluding hydrogens is 326 g/mol. The van der Waals surface area contributed by atoms with Crippen LogP contribution >= 0.6 is 0 Å². The topological polar surface area (TPSA) is 45.1 Å². The van der Waals surface area contributed by atoms with E-state index in [0.29, 0.717) is 12.7 Å². The molecule has 2 aliphatic heterocycles. The van der Waals surface area contributed by atoms with Gasteiger partial charge in [-0.05, 0) is 58.1 Å². The zero-order chi connectivity index (χ0) is 18.3. The summed E-state index contributed by atoms with van der Waals surface area (Å²) in [6.45, 7) is 5.48. The van der Waals surface area contributed by atoms with E-state index in [9.17, 15) is 9.59 Å². The second kappa shape index (κ2) is 7.03. The maximum atomic E-state index is 13.1. The second-order valence-corrected chi connectivity index (χ2v) is 8.29. The number of quaternary nitrogens is 1. The number of nitrogens with one attached hydrogen (secondary N) is 1. The van der Waals surface area contributed by atoms with Crippen molar-refractivity contribution in [3.05, 3.63) is 29.8 Å². The maximum absolute atomic E-state index is 13.1. The fourth-order valence-corrected chi connectivity index (χ4v) is 5.18. The minimum atomic E-state index is -0.420. The Kier molecular flexibility index (Phi) is 4.74. The van der Waals surface area contributed by atoms with Gasteiger partial charge in [0.2, 0.25) is 0 Å². The smallest absolute Gasteiger partial charge is 0.315 e. The van der Waals surface area contributed by atoms with Crippen LogP contribution in [0.2, 0.25) is 0 Å². The van der Waals surface area contributed by atoms with E-state index in [2.05, 4.69) is 0 Å². The first-order valence-corrected chi connectivity index (χ1v) is 10.1. The number of nitrogens with zero attached hydrogens (tertiary/aromatic N) is 2. The lowest BCUT2D eigenvalue weighted by Gasteiger charge is -2.41. The molecule has 3 aliphatic rings. The van der Waals surface area contributed by atoms with Gasteiger partial charge in [-0.2, -0.15) is 0 Å². The van der Waals surface area contributed by atoms with Gasteiger partial charge in [0, 0.05) is 11.6 Å². The lowest BCUT2D eigenvalue weighted by Crippen LogP contribution is -3.19. The number of anilines is 1. The average molecular weight is 356 g/mol. The molecule has 4 atom stereocenters. The third kappa shape index (κ3) is 3.02. The second-order valence-electron chi connectivity index (χ2n) is 8.29. The Labute approximate surface area is 155 Å². The van der Waals surface area contributed by atoms with Crippen LogP contribution in [0.1, 0.15) is 51.0 Å². The van der Waals surface area contributed by atoms with E-state index in [1.807, 2.05) is 38.1 Å². The number of amides is 3. The molecule has 5 heteroatoms. The van der Waals surface area contributed by atoms with Crippen LogP contribution < -0.4 is 9.80 Å². The first kappa shape index (κ1) is 17.5. The van der Waals surface area contributed by atoms with Crippen molar-refractivity contribution < 1.29 is 14.5 Å². The fraction of sp³-hybridized carbons (Fsp3) is 0.619. The Balaban J connectivity index is 1.52. The van der Waals surface area contributed by atoms with E-state index in [4.69, 9.17) is 0 Å². The number of fused-ring (bicyclic) bond motifs is 1. The molecule has 1 saturated carbocycles. The van der Waals surface area contributed by atoms with Gasteiger partial charge in [-0.15, -0.1) is 0 Å². The minimum Gasteiger partial charge on any atom is -0.315 e. The summed E-state index contributed by atoms with van der Waals surface area (Å²) in [5.41, 5.74) is 1.96. The summed E-state index contributed by atoms with van der Waals surface area (Å²) in [6, 6.07) is 7.91. The fourth-order valence-electron chi connectivity index (χ4n) is 5.18. The molecule has 4 rings (SSSR count). The van der Waals surface area contributed by atoms with Crippen LogP contribution in [0.4, 0.5) is 10.5 Å². The van der Waals surface area contributed by atoms with Crippen molar-refractivity contribution in [3.63, 3.8) is 0 Å². The molecule has 26 heavy (non-hydrogen) atoms. The van der Waals surface area contributed by atoms with Crippen molar-refractivity contribution in [1.29, 1.82) is 0 Å². The molecule has 1 unspecified atom stereocenters. The third-order valence-electron chi connectivity index (χ3n) is 6.63. The van der Waals surface area contributed by atoms with Crippen molar-refractivity contribution in [2.24, 2.45) is 5.92 Å². The SMILES string of the molecule is Cc1ccc(N2C(=O)N(C[NH+]3CCC[C@H]4CCCC[C@@H]43)C(=O)[C@H]2C)cc1. The van der Waals surface area contributed by atoms with Crippen molar-refractivity contribution in [2.45, 2.75) is 64.5 Å². The van der Waals surface area contributed by atoms with Crippen LogP contribution in [0.15, 0.2) is 24.3 Å². The monoisotopic (exact) mass is 356 g/mol. The van der Waals surface area contributed by atoms with Gasteiger partial charge in [0.05, 0.1) is 12.6 Å². The Morgan fingerprint density at radius 1 is 1.04 bits per heavy atom. The summed E-state index contributed by atoms with van der Waals surface area (Å²) in [5, 5.41) is 0. The largest absolute Gasteiger partial charge is 0.336 e. The Morgan fingerprint density at radius 2 is 1.73 bits per heavy atom. The van der Waals surface area contributed by atoms with Crippen LogP contribution in [0, 0.1) is 12.8 Å². The average Bonchev–Trinajstić information content (AvgIpc) is 2.86. The zero-order valence-electron chi connectivity index (χ0n) is 15.9. The number of likely N-dealkylation sites (tertiary alicyclic amines) is 1. The summed E-state index contributed by atoms with van der Waals surface area (Å²) in [7, 11) is 0. The summed E-state index contributed by atoms with van der Waals surface area (Å²) < 4.78 is 0.